The van der Waals surface area contributed by atoms with Crippen LogP contribution in [0.2, 0.25) is 0 Å². The molecule has 0 bridgehead atoms. The normalized spacial score (nSPS) is 24.9. The van der Waals surface area contributed by atoms with Gasteiger partial charge in [0.2, 0.25) is 6.41 Å². The van der Waals surface area contributed by atoms with Crippen LogP contribution in [0.3, 0.4) is 0 Å². The van der Waals surface area contributed by atoms with Crippen LogP contribution in [-0.2, 0) is 9.53 Å². The van der Waals surface area contributed by atoms with Gasteiger partial charge in [0.15, 0.2) is 0 Å². The zero-order valence-electron chi connectivity index (χ0n) is 10.8. The van der Waals surface area contributed by atoms with Crippen molar-refractivity contribution in [3.05, 3.63) is 0 Å². The molecule has 5 nitrogen and oxygen atoms in total. The van der Waals surface area contributed by atoms with E-state index in [2.05, 4.69) is 10.6 Å². The van der Waals surface area contributed by atoms with Gasteiger partial charge in [-0.05, 0) is 46.5 Å². The first-order valence-corrected chi connectivity index (χ1v) is 6.10. The number of hydrogen-bond acceptors (Lipinski definition) is 3. The first-order valence-electron chi connectivity index (χ1n) is 6.10. The van der Waals surface area contributed by atoms with E-state index in [4.69, 9.17) is 4.74 Å². The third-order valence-corrected chi connectivity index (χ3v) is 2.75. The fourth-order valence-corrected chi connectivity index (χ4v) is 1.97. The second-order valence-corrected chi connectivity index (χ2v) is 5.48. The fourth-order valence-electron chi connectivity index (χ4n) is 1.97. The molecular weight excluding hydrogens is 220 g/mol. The standard InChI is InChI=1S/C12H22N2O3/c1-12(2,3)17-11(16)14-10-6-4-9(5-7-10)13-8-15/h8-10H,4-7H2,1-3H3,(H,13,15)(H,14,16)/t9-,10-. The van der Waals surface area contributed by atoms with Crippen LogP contribution in [0.15, 0.2) is 0 Å². The molecule has 1 rings (SSSR count). The number of rotatable bonds is 3. The van der Waals surface area contributed by atoms with Crippen LogP contribution < -0.4 is 10.6 Å². The highest BCUT2D eigenvalue weighted by Gasteiger charge is 2.24. The van der Waals surface area contributed by atoms with Gasteiger partial charge in [-0.15, -0.1) is 0 Å². The van der Waals surface area contributed by atoms with E-state index in [9.17, 15) is 9.59 Å². The van der Waals surface area contributed by atoms with Crippen LogP contribution in [0, 0.1) is 0 Å². The van der Waals surface area contributed by atoms with Gasteiger partial charge in [-0.25, -0.2) is 4.79 Å². The molecule has 1 saturated carbocycles. The van der Waals surface area contributed by atoms with Crippen LogP contribution in [0.5, 0.6) is 0 Å². The second kappa shape index (κ2) is 5.89. The first kappa shape index (κ1) is 13.8. The van der Waals surface area contributed by atoms with Crippen molar-refractivity contribution in [2.75, 3.05) is 0 Å². The van der Waals surface area contributed by atoms with Gasteiger partial charge < -0.3 is 15.4 Å². The zero-order chi connectivity index (χ0) is 12.9. The molecule has 2 amide bonds. The highest BCUT2D eigenvalue weighted by atomic mass is 16.6. The molecule has 0 heterocycles. The fraction of sp³-hybridized carbons (Fsp3) is 0.833. The molecule has 0 aliphatic heterocycles. The van der Waals surface area contributed by atoms with Crippen molar-refractivity contribution in [1.82, 2.24) is 10.6 Å². The molecule has 0 aromatic heterocycles. The molecule has 1 aliphatic carbocycles. The number of alkyl carbamates (subject to hydrolysis) is 1. The Kier molecular flexibility index (Phi) is 4.78. The molecule has 5 heteroatoms. The van der Waals surface area contributed by atoms with Crippen molar-refractivity contribution in [1.29, 1.82) is 0 Å². The van der Waals surface area contributed by atoms with E-state index in [1.165, 1.54) is 0 Å². The molecule has 0 atom stereocenters. The summed E-state index contributed by atoms with van der Waals surface area (Å²) in [5.74, 6) is 0. The number of amides is 2. The van der Waals surface area contributed by atoms with Crippen molar-refractivity contribution in [2.24, 2.45) is 0 Å². The number of ether oxygens (including phenoxy) is 1. The monoisotopic (exact) mass is 242 g/mol. The van der Waals surface area contributed by atoms with E-state index in [0.717, 1.165) is 32.1 Å². The average molecular weight is 242 g/mol. The molecule has 0 aromatic rings. The van der Waals surface area contributed by atoms with Crippen LogP contribution >= 0.6 is 0 Å². The third kappa shape index (κ3) is 5.56. The summed E-state index contributed by atoms with van der Waals surface area (Å²) in [6.45, 7) is 5.53. The molecule has 0 aromatic carbocycles. The molecule has 0 spiro atoms. The predicted octanol–water partition coefficient (Wildman–Crippen LogP) is 1.57. The molecule has 0 unspecified atom stereocenters. The van der Waals surface area contributed by atoms with Crippen LogP contribution in [-0.4, -0.2) is 30.2 Å². The Bertz CT molecular complexity index is 265. The van der Waals surface area contributed by atoms with E-state index in [-0.39, 0.29) is 18.2 Å². The summed E-state index contributed by atoms with van der Waals surface area (Å²) in [7, 11) is 0. The molecule has 1 aliphatic rings. The lowest BCUT2D eigenvalue weighted by molar-refractivity contribution is -0.110. The molecule has 98 valence electrons. The predicted molar refractivity (Wildman–Crippen MR) is 64.6 cm³/mol. The summed E-state index contributed by atoms with van der Waals surface area (Å²) in [5, 5.41) is 5.63. The summed E-state index contributed by atoms with van der Waals surface area (Å²) in [6.07, 6.45) is 3.95. The molecule has 0 radical (unpaired) electrons. The van der Waals surface area contributed by atoms with Gasteiger partial charge in [0.25, 0.3) is 0 Å². The van der Waals surface area contributed by atoms with Gasteiger partial charge in [0.05, 0.1) is 0 Å². The largest absolute Gasteiger partial charge is 0.444 e. The minimum absolute atomic E-state index is 0.162. The Hall–Kier alpha value is -1.26. The molecule has 1 fully saturated rings. The molecular formula is C12H22N2O3. The maximum absolute atomic E-state index is 11.5. The lowest BCUT2D eigenvalue weighted by Crippen LogP contribution is -2.43. The Labute approximate surface area is 102 Å². The minimum atomic E-state index is -0.458. The number of hydrogen-bond donors (Lipinski definition) is 2. The second-order valence-electron chi connectivity index (χ2n) is 5.48. The smallest absolute Gasteiger partial charge is 0.407 e. The quantitative estimate of drug-likeness (QED) is 0.738. The number of carbonyl (C=O) groups excluding carboxylic acids is 2. The number of nitrogens with one attached hydrogen (secondary N) is 2. The van der Waals surface area contributed by atoms with E-state index in [0.29, 0.717) is 0 Å². The summed E-state index contributed by atoms with van der Waals surface area (Å²) in [4.78, 5) is 21.8. The van der Waals surface area contributed by atoms with Crippen molar-refractivity contribution in [2.45, 2.75) is 64.1 Å². The maximum Gasteiger partial charge on any atom is 0.407 e. The Morgan fingerprint density at radius 2 is 1.71 bits per heavy atom. The van der Waals surface area contributed by atoms with Gasteiger partial charge in [0.1, 0.15) is 5.60 Å². The van der Waals surface area contributed by atoms with Gasteiger partial charge in [-0.1, -0.05) is 0 Å². The Morgan fingerprint density at radius 1 is 1.18 bits per heavy atom. The third-order valence-electron chi connectivity index (χ3n) is 2.75. The van der Waals surface area contributed by atoms with Crippen LogP contribution in [0.25, 0.3) is 0 Å². The zero-order valence-corrected chi connectivity index (χ0v) is 10.8. The minimum Gasteiger partial charge on any atom is -0.444 e. The van der Waals surface area contributed by atoms with Gasteiger partial charge >= 0.3 is 6.09 Å². The van der Waals surface area contributed by atoms with E-state index < -0.39 is 5.60 Å². The summed E-state index contributed by atoms with van der Waals surface area (Å²) in [6, 6.07) is 0.415. The Morgan fingerprint density at radius 3 is 2.18 bits per heavy atom. The highest BCUT2D eigenvalue weighted by Crippen LogP contribution is 2.18. The highest BCUT2D eigenvalue weighted by molar-refractivity contribution is 5.68. The topological polar surface area (TPSA) is 67.4 Å². The molecule has 0 saturated heterocycles. The van der Waals surface area contributed by atoms with Crippen LogP contribution in [0.4, 0.5) is 4.79 Å². The van der Waals surface area contributed by atoms with E-state index in [1.807, 2.05) is 20.8 Å². The van der Waals surface area contributed by atoms with E-state index >= 15 is 0 Å². The van der Waals surface area contributed by atoms with Gasteiger partial charge in [0, 0.05) is 12.1 Å². The summed E-state index contributed by atoms with van der Waals surface area (Å²) >= 11 is 0. The van der Waals surface area contributed by atoms with Gasteiger partial charge in [-0.2, -0.15) is 0 Å². The Balaban J connectivity index is 2.26. The lowest BCUT2D eigenvalue weighted by atomic mass is 9.91. The molecule has 2 N–H and O–H groups in total. The lowest BCUT2D eigenvalue weighted by Gasteiger charge is -2.29. The van der Waals surface area contributed by atoms with Crippen LogP contribution in [0.1, 0.15) is 46.5 Å². The van der Waals surface area contributed by atoms with E-state index in [1.54, 1.807) is 0 Å². The average Bonchev–Trinajstić information content (AvgIpc) is 2.18. The van der Waals surface area contributed by atoms with Crippen molar-refractivity contribution in [3.63, 3.8) is 0 Å². The summed E-state index contributed by atoms with van der Waals surface area (Å²) < 4.78 is 5.19. The first-order chi connectivity index (χ1) is 7.90. The van der Waals surface area contributed by atoms with Crippen molar-refractivity contribution < 1.29 is 14.3 Å². The number of carbonyl (C=O) groups is 2. The maximum atomic E-state index is 11.5. The van der Waals surface area contributed by atoms with Crippen molar-refractivity contribution >= 4 is 12.5 Å². The summed E-state index contributed by atoms with van der Waals surface area (Å²) in [5.41, 5.74) is -0.458. The van der Waals surface area contributed by atoms with Crippen molar-refractivity contribution in [3.8, 4) is 0 Å². The SMILES string of the molecule is CC(C)(C)OC(=O)N[C@H]1CC[C@H](NC=O)CC1. The molecule has 17 heavy (non-hydrogen) atoms. The van der Waals surface area contributed by atoms with Gasteiger partial charge in [-0.3, -0.25) is 4.79 Å².